The van der Waals surface area contributed by atoms with Gasteiger partial charge >= 0.3 is 0 Å². The van der Waals surface area contributed by atoms with Gasteiger partial charge < -0.3 is 9.74 Å². The van der Waals surface area contributed by atoms with E-state index in [1.165, 1.54) is 0 Å². The number of anilines is 3. The number of carbonyl (C=O) groups excluding carboxylic acids is 2. The average molecular weight is 403 g/mol. The van der Waals surface area contributed by atoms with E-state index in [1.807, 2.05) is 0 Å². The zero-order valence-corrected chi connectivity index (χ0v) is 17.3. The van der Waals surface area contributed by atoms with Crippen LogP contribution in [0.25, 0.3) is 0 Å². The summed E-state index contributed by atoms with van der Waals surface area (Å²) in [6.45, 7) is 10.9. The predicted molar refractivity (Wildman–Crippen MR) is 102 cm³/mol. The Morgan fingerprint density at radius 3 is 2.38 bits per heavy atom. The minimum absolute atomic E-state index is 0.0190. The van der Waals surface area contributed by atoms with Crippen LogP contribution >= 0.6 is 11.6 Å². The molecule has 0 aliphatic rings. The molecule has 0 spiro atoms. The van der Waals surface area contributed by atoms with Gasteiger partial charge in [0.25, 0.3) is 0 Å². The summed E-state index contributed by atoms with van der Waals surface area (Å²) in [5.74, 6) is 0.109. The van der Waals surface area contributed by atoms with Crippen LogP contribution in [0.4, 0.5) is 17.5 Å². The van der Waals surface area contributed by atoms with Crippen molar-refractivity contribution in [2.75, 3.05) is 22.7 Å². The summed E-state index contributed by atoms with van der Waals surface area (Å²) in [5.41, 5.74) is 2.77. The molecule has 11 heteroatoms. The lowest BCUT2D eigenvalue weighted by molar-refractivity contribution is -0.106. The van der Waals surface area contributed by atoms with Gasteiger partial charge in [-0.25, -0.2) is 5.48 Å². The van der Waals surface area contributed by atoms with E-state index in [2.05, 4.69) is 59.9 Å². The van der Waals surface area contributed by atoms with E-state index in [0.29, 0.717) is 25.8 Å². The van der Waals surface area contributed by atoms with Crippen molar-refractivity contribution in [3.8, 4) is 0 Å². The van der Waals surface area contributed by atoms with Crippen molar-refractivity contribution >= 4 is 50.9 Å². The molecule has 145 valence electrons. The third kappa shape index (κ3) is 7.24. The molecule has 0 aliphatic carbocycles. The fourth-order valence-electron chi connectivity index (χ4n) is 2.05. The summed E-state index contributed by atoms with van der Waals surface area (Å²) >= 11 is 5.99. The monoisotopic (exact) mass is 402 g/mol. The summed E-state index contributed by atoms with van der Waals surface area (Å²) in [4.78, 5) is 34.6. The second-order valence-corrected chi connectivity index (χ2v) is 9.12. The van der Waals surface area contributed by atoms with E-state index in [1.54, 1.807) is 0 Å². The number of rotatable bonds is 11. The summed E-state index contributed by atoms with van der Waals surface area (Å²) in [7, 11) is -0.839. The van der Waals surface area contributed by atoms with Gasteiger partial charge in [0.15, 0.2) is 11.0 Å². The Bertz CT molecular complexity index is 612. The Kier molecular flexibility index (Phi) is 8.92. The number of hydrogen-bond donors (Lipinski definition) is 3. The Morgan fingerprint density at radius 2 is 1.85 bits per heavy atom. The van der Waals surface area contributed by atoms with Gasteiger partial charge in [-0.1, -0.05) is 32.4 Å². The van der Waals surface area contributed by atoms with Gasteiger partial charge in [-0.05, 0) is 24.9 Å². The van der Waals surface area contributed by atoms with Crippen molar-refractivity contribution in [2.24, 2.45) is 5.41 Å². The first-order valence-corrected chi connectivity index (χ1v) is 10.8. The number of carbonyl (C=O) groups is 2. The molecule has 0 aliphatic heterocycles. The van der Waals surface area contributed by atoms with Crippen LogP contribution in [-0.4, -0.2) is 44.5 Å². The molecule has 0 fully saturated rings. The summed E-state index contributed by atoms with van der Waals surface area (Å²) in [5, 5.41) is 4.65. The van der Waals surface area contributed by atoms with Crippen molar-refractivity contribution in [3.05, 3.63) is 5.15 Å². The van der Waals surface area contributed by atoms with Crippen LogP contribution in [0.15, 0.2) is 0 Å². The number of hydrogen-bond acceptors (Lipinski definition) is 7. The normalized spacial score (nSPS) is 12.6. The second kappa shape index (κ2) is 10.4. The number of aromatic nitrogens is 2. The SMILES string of the molecule is C[Si](C)OC(CCONc1nc(NC=O)nc(Cl)c1NC=O)C(C)(C)C. The minimum atomic E-state index is -0.839. The number of halogens is 1. The zero-order valence-electron chi connectivity index (χ0n) is 15.6. The third-order valence-electron chi connectivity index (χ3n) is 3.25. The Labute approximate surface area is 159 Å². The predicted octanol–water partition coefficient (Wildman–Crippen LogP) is 2.68. The summed E-state index contributed by atoms with van der Waals surface area (Å²) < 4.78 is 6.04. The number of nitrogens with one attached hydrogen (secondary N) is 3. The zero-order chi connectivity index (χ0) is 19.7. The first kappa shape index (κ1) is 22.3. The molecule has 1 radical (unpaired) electrons. The van der Waals surface area contributed by atoms with Gasteiger partial charge in [-0.2, -0.15) is 9.97 Å². The van der Waals surface area contributed by atoms with Gasteiger partial charge in [0, 0.05) is 0 Å². The van der Waals surface area contributed by atoms with Crippen molar-refractivity contribution in [2.45, 2.75) is 46.4 Å². The molecule has 2 amide bonds. The van der Waals surface area contributed by atoms with Crippen molar-refractivity contribution < 1.29 is 18.9 Å². The van der Waals surface area contributed by atoms with E-state index >= 15 is 0 Å². The maximum absolute atomic E-state index is 10.7. The van der Waals surface area contributed by atoms with Crippen molar-refractivity contribution in [1.29, 1.82) is 0 Å². The van der Waals surface area contributed by atoms with Crippen LogP contribution in [-0.2, 0) is 18.9 Å². The molecule has 0 saturated carbocycles. The molecule has 1 aromatic rings. The molecule has 1 heterocycles. The van der Waals surface area contributed by atoms with Crippen LogP contribution < -0.4 is 16.1 Å². The van der Waals surface area contributed by atoms with Crippen LogP contribution in [0.2, 0.25) is 18.2 Å². The molecule has 1 aromatic heterocycles. The van der Waals surface area contributed by atoms with Gasteiger partial charge in [-0.3, -0.25) is 19.7 Å². The fraction of sp³-hybridized carbons (Fsp3) is 0.600. The molecule has 26 heavy (non-hydrogen) atoms. The van der Waals surface area contributed by atoms with E-state index in [0.717, 1.165) is 0 Å². The van der Waals surface area contributed by atoms with Crippen LogP contribution in [0.5, 0.6) is 0 Å². The lowest BCUT2D eigenvalue weighted by Gasteiger charge is -2.32. The van der Waals surface area contributed by atoms with E-state index in [4.69, 9.17) is 20.9 Å². The van der Waals surface area contributed by atoms with E-state index < -0.39 is 9.04 Å². The highest BCUT2D eigenvalue weighted by atomic mass is 35.5. The highest BCUT2D eigenvalue weighted by molar-refractivity contribution is 6.48. The number of amides is 2. The third-order valence-corrected chi connectivity index (χ3v) is 4.28. The maximum atomic E-state index is 10.7. The highest BCUT2D eigenvalue weighted by Gasteiger charge is 2.26. The standard InChI is InChI=1S/C15H25ClN5O4Si/c1-15(2,3)10(25-26(4)5)6-7-24-21-13-11(17-8-22)12(16)19-14(20-13)18-9-23/h8-10H,6-7H2,1-5H3,(H,17,22)(H2,18,19,20,21,23). The smallest absolute Gasteiger partial charge is 0.232 e. The molecule has 3 N–H and O–H groups in total. The van der Waals surface area contributed by atoms with Crippen molar-refractivity contribution in [3.63, 3.8) is 0 Å². The molecule has 1 unspecified atom stereocenters. The van der Waals surface area contributed by atoms with Gasteiger partial charge in [0.2, 0.25) is 27.8 Å². The van der Waals surface area contributed by atoms with Gasteiger partial charge in [-0.15, -0.1) is 0 Å². The van der Waals surface area contributed by atoms with E-state index in [9.17, 15) is 9.59 Å². The van der Waals surface area contributed by atoms with Crippen LogP contribution in [0.1, 0.15) is 27.2 Å². The van der Waals surface area contributed by atoms with E-state index in [-0.39, 0.29) is 34.1 Å². The summed E-state index contributed by atoms with van der Waals surface area (Å²) in [6, 6.07) is 0. The molecule has 9 nitrogen and oxygen atoms in total. The highest BCUT2D eigenvalue weighted by Crippen LogP contribution is 2.29. The summed E-state index contributed by atoms with van der Waals surface area (Å²) in [6.07, 6.45) is 1.57. The molecule has 1 atom stereocenters. The van der Waals surface area contributed by atoms with Gasteiger partial charge in [0.1, 0.15) is 5.69 Å². The Balaban J connectivity index is 2.76. The lowest BCUT2D eigenvalue weighted by atomic mass is 9.87. The van der Waals surface area contributed by atoms with Crippen molar-refractivity contribution in [1.82, 2.24) is 9.97 Å². The average Bonchev–Trinajstić information content (AvgIpc) is 2.52. The Morgan fingerprint density at radius 1 is 1.19 bits per heavy atom. The first-order chi connectivity index (χ1) is 12.2. The van der Waals surface area contributed by atoms with Crippen LogP contribution in [0.3, 0.4) is 0 Å². The molecular formula is C15H25ClN5O4Si. The number of nitrogens with zero attached hydrogens (tertiary/aromatic N) is 2. The maximum Gasteiger partial charge on any atom is 0.232 e. The topological polar surface area (TPSA) is 114 Å². The molecular weight excluding hydrogens is 378 g/mol. The molecule has 0 aromatic carbocycles. The van der Waals surface area contributed by atoms with Crippen LogP contribution in [0, 0.1) is 5.41 Å². The van der Waals surface area contributed by atoms with Gasteiger partial charge in [0.05, 0.1) is 12.7 Å². The Hall–Kier alpha value is -1.75. The quantitative estimate of drug-likeness (QED) is 0.171. The lowest BCUT2D eigenvalue weighted by Crippen LogP contribution is -2.34. The molecule has 1 rings (SSSR count). The minimum Gasteiger partial charge on any atom is -0.414 e. The largest absolute Gasteiger partial charge is 0.414 e. The fourth-order valence-corrected chi connectivity index (χ4v) is 3.31. The second-order valence-electron chi connectivity index (χ2n) is 6.71. The first-order valence-electron chi connectivity index (χ1n) is 8.01. The molecule has 0 bridgehead atoms. The molecule has 0 saturated heterocycles.